The minimum Gasteiger partial charge on any atom is -0.432 e. The Balaban J connectivity index is 3.32. The van der Waals surface area contributed by atoms with Crippen LogP contribution in [0, 0.1) is 10.1 Å². The van der Waals surface area contributed by atoms with Crippen LogP contribution < -0.4 is 0 Å². The second kappa shape index (κ2) is 6.30. The summed E-state index contributed by atoms with van der Waals surface area (Å²) in [7, 11) is 0. The number of nitrogens with zero attached hydrogens (tertiary/aromatic N) is 1. The van der Waals surface area contributed by atoms with Gasteiger partial charge in [-0.15, -0.1) is 10.1 Å². The quantitative estimate of drug-likeness (QED) is 0.222. The van der Waals surface area contributed by atoms with Gasteiger partial charge < -0.3 is 14.3 Å². The molecule has 0 aromatic carbocycles. The van der Waals surface area contributed by atoms with Crippen LogP contribution >= 0.6 is 11.6 Å². The highest BCUT2D eigenvalue weighted by molar-refractivity contribution is 6.19. The summed E-state index contributed by atoms with van der Waals surface area (Å²) in [6.45, 7) is 0.832. The Morgan fingerprint density at radius 2 is 2.23 bits per heavy atom. The highest BCUT2D eigenvalue weighted by atomic mass is 35.5. The molecule has 0 aromatic rings. The van der Waals surface area contributed by atoms with Gasteiger partial charge in [-0.1, -0.05) is 11.6 Å². The zero-order valence-corrected chi connectivity index (χ0v) is 7.52. The van der Waals surface area contributed by atoms with Crippen molar-refractivity contribution in [2.75, 3.05) is 13.2 Å². The van der Waals surface area contributed by atoms with Crippen molar-refractivity contribution in [3.8, 4) is 0 Å². The molecule has 0 rings (SSSR count). The summed E-state index contributed by atoms with van der Waals surface area (Å²) < 4.78 is 8.66. The maximum absolute atomic E-state index is 10.5. The van der Waals surface area contributed by atoms with Gasteiger partial charge in [0.25, 0.3) is 5.09 Å². The second-order valence-corrected chi connectivity index (χ2v) is 2.43. The molecular formula is C5H8ClNO6. The van der Waals surface area contributed by atoms with E-state index in [9.17, 15) is 14.9 Å². The van der Waals surface area contributed by atoms with Crippen LogP contribution in [0.3, 0.4) is 0 Å². The van der Waals surface area contributed by atoms with E-state index in [2.05, 4.69) is 14.3 Å². The maximum atomic E-state index is 10.5. The lowest BCUT2D eigenvalue weighted by Gasteiger charge is -2.06. The topological polar surface area (TPSA) is 87.9 Å². The zero-order valence-electron chi connectivity index (χ0n) is 6.77. The molecule has 0 aliphatic rings. The lowest BCUT2D eigenvalue weighted by molar-refractivity contribution is -0.757. The zero-order chi connectivity index (χ0) is 10.3. The van der Waals surface area contributed by atoms with Gasteiger partial charge in [-0.3, -0.25) is 0 Å². The van der Waals surface area contributed by atoms with Crippen molar-refractivity contribution in [1.29, 1.82) is 0 Å². The van der Waals surface area contributed by atoms with Gasteiger partial charge in [-0.25, -0.2) is 4.79 Å². The molecule has 0 aromatic heterocycles. The summed E-state index contributed by atoms with van der Waals surface area (Å²) in [5.74, 6) is 0. The molecule has 0 amide bonds. The highest BCUT2D eigenvalue weighted by Crippen LogP contribution is 1.97. The smallest absolute Gasteiger partial charge is 0.432 e. The van der Waals surface area contributed by atoms with Crippen LogP contribution in [0.25, 0.3) is 0 Å². The Morgan fingerprint density at radius 1 is 1.62 bits per heavy atom. The Bertz CT molecular complexity index is 184. The third kappa shape index (κ3) is 8.67. The molecule has 0 aliphatic carbocycles. The molecule has 0 bridgehead atoms. The molecule has 0 radical (unpaired) electrons. The fourth-order valence-corrected chi connectivity index (χ4v) is 0.476. The van der Waals surface area contributed by atoms with Crippen LogP contribution in [0.1, 0.15) is 6.92 Å². The molecule has 1 unspecified atom stereocenters. The van der Waals surface area contributed by atoms with Crippen LogP contribution in [0.5, 0.6) is 0 Å². The van der Waals surface area contributed by atoms with E-state index >= 15 is 0 Å². The maximum Gasteiger partial charge on any atom is 0.509 e. The summed E-state index contributed by atoms with van der Waals surface area (Å²) in [6.07, 6.45) is -0.991. The van der Waals surface area contributed by atoms with Crippen molar-refractivity contribution < 1.29 is 24.2 Å². The van der Waals surface area contributed by atoms with Crippen molar-refractivity contribution in [3.05, 3.63) is 10.1 Å². The van der Waals surface area contributed by atoms with Gasteiger partial charge in [0, 0.05) is 0 Å². The first-order chi connectivity index (χ1) is 6.02. The van der Waals surface area contributed by atoms with E-state index in [4.69, 9.17) is 11.6 Å². The van der Waals surface area contributed by atoms with E-state index < -0.39 is 16.8 Å². The molecule has 0 fully saturated rings. The lowest BCUT2D eigenvalue weighted by Crippen LogP contribution is -2.15. The average Bonchev–Trinajstić information content (AvgIpc) is 1.96. The van der Waals surface area contributed by atoms with Crippen molar-refractivity contribution >= 4 is 17.8 Å². The van der Waals surface area contributed by atoms with E-state index in [1.165, 1.54) is 6.92 Å². The number of halogens is 1. The molecule has 0 saturated heterocycles. The van der Waals surface area contributed by atoms with Crippen LogP contribution in [-0.4, -0.2) is 30.0 Å². The summed E-state index contributed by atoms with van der Waals surface area (Å²) in [6, 6.07) is 0. The molecular weight excluding hydrogens is 206 g/mol. The lowest BCUT2D eigenvalue weighted by atomic mass is 10.8. The standard InChI is InChI=1S/C5H8ClNO6/c1-4(6)13-5(8)11-2-3-12-7(9)10/h4H,2-3H2,1H3. The van der Waals surface area contributed by atoms with Crippen LogP contribution in [-0.2, 0) is 14.3 Å². The average molecular weight is 214 g/mol. The summed E-state index contributed by atoms with van der Waals surface area (Å²) >= 11 is 5.27. The minimum absolute atomic E-state index is 0.260. The van der Waals surface area contributed by atoms with E-state index in [0.717, 1.165) is 0 Å². The predicted molar refractivity (Wildman–Crippen MR) is 40.7 cm³/mol. The molecule has 0 aliphatic heterocycles. The third-order valence-corrected chi connectivity index (χ3v) is 0.848. The SMILES string of the molecule is CC(Cl)OC(=O)OCCO[N+](=O)[O-]. The van der Waals surface area contributed by atoms with Crippen molar-refractivity contribution in [3.63, 3.8) is 0 Å². The molecule has 0 N–H and O–H groups in total. The number of carbonyl (C=O) groups excluding carboxylic acids is 1. The van der Waals surface area contributed by atoms with Crippen molar-refractivity contribution in [1.82, 2.24) is 0 Å². The van der Waals surface area contributed by atoms with Crippen molar-refractivity contribution in [2.24, 2.45) is 0 Å². The monoisotopic (exact) mass is 213 g/mol. The molecule has 8 heteroatoms. The van der Waals surface area contributed by atoms with Crippen LogP contribution in [0.15, 0.2) is 0 Å². The molecule has 0 spiro atoms. The summed E-state index contributed by atoms with van der Waals surface area (Å²) in [5.41, 5.74) is -0.802. The number of carbonyl (C=O) groups is 1. The first-order valence-electron chi connectivity index (χ1n) is 3.27. The van der Waals surface area contributed by atoms with Gasteiger partial charge >= 0.3 is 6.16 Å². The first-order valence-corrected chi connectivity index (χ1v) is 3.71. The summed E-state index contributed by atoms with van der Waals surface area (Å²) in [5, 5.41) is 8.63. The molecule has 7 nitrogen and oxygen atoms in total. The largest absolute Gasteiger partial charge is 0.509 e. The first kappa shape index (κ1) is 11.8. The normalized spacial score (nSPS) is 11.5. The van der Waals surface area contributed by atoms with Gasteiger partial charge in [0.1, 0.15) is 13.2 Å². The van der Waals surface area contributed by atoms with Gasteiger partial charge in [-0.05, 0) is 6.92 Å². The Kier molecular flexibility index (Phi) is 5.69. The molecule has 1 atom stereocenters. The fraction of sp³-hybridized carbons (Fsp3) is 0.800. The molecule has 0 heterocycles. The highest BCUT2D eigenvalue weighted by Gasteiger charge is 2.07. The van der Waals surface area contributed by atoms with Crippen LogP contribution in [0.4, 0.5) is 4.79 Å². The van der Waals surface area contributed by atoms with E-state index in [1.807, 2.05) is 0 Å². The predicted octanol–water partition coefficient (Wildman–Crippen LogP) is 0.933. The van der Waals surface area contributed by atoms with Gasteiger partial charge in [0.2, 0.25) is 0 Å². The number of hydrogen-bond acceptors (Lipinski definition) is 6. The fourth-order valence-electron chi connectivity index (χ4n) is 0.403. The Hall–Kier alpha value is -1.24. The number of ether oxygens (including phenoxy) is 2. The minimum atomic E-state index is -0.991. The number of alkyl halides is 1. The molecule has 76 valence electrons. The van der Waals surface area contributed by atoms with Crippen molar-refractivity contribution in [2.45, 2.75) is 12.5 Å². The van der Waals surface area contributed by atoms with E-state index in [1.54, 1.807) is 0 Å². The van der Waals surface area contributed by atoms with Gasteiger partial charge in [0.15, 0.2) is 5.56 Å². The van der Waals surface area contributed by atoms with E-state index in [-0.39, 0.29) is 13.2 Å². The number of rotatable bonds is 5. The summed E-state index contributed by atoms with van der Waals surface area (Å²) in [4.78, 5) is 24.0. The van der Waals surface area contributed by atoms with Gasteiger partial charge in [-0.2, -0.15) is 0 Å². The van der Waals surface area contributed by atoms with Crippen LogP contribution in [0.2, 0.25) is 0 Å². The van der Waals surface area contributed by atoms with E-state index in [0.29, 0.717) is 0 Å². The number of hydrogen-bond donors (Lipinski definition) is 0. The van der Waals surface area contributed by atoms with Gasteiger partial charge in [0.05, 0.1) is 0 Å². The second-order valence-electron chi connectivity index (χ2n) is 1.82. The Morgan fingerprint density at radius 3 is 2.69 bits per heavy atom. The third-order valence-electron chi connectivity index (χ3n) is 0.759. The molecule has 13 heavy (non-hydrogen) atoms. The Labute approximate surface area is 78.6 Å². The molecule has 0 saturated carbocycles.